The quantitative estimate of drug-likeness (QED) is 0.458. The highest BCUT2D eigenvalue weighted by atomic mass is 32.2. The van der Waals surface area contributed by atoms with Crippen LogP contribution in [0.3, 0.4) is 0 Å². The predicted molar refractivity (Wildman–Crippen MR) is 122 cm³/mol. The van der Waals surface area contributed by atoms with Gasteiger partial charge in [0.1, 0.15) is 6.10 Å². The first-order valence-corrected chi connectivity index (χ1v) is 12.9. The highest BCUT2D eigenvalue weighted by Gasteiger charge is 2.35. The van der Waals surface area contributed by atoms with E-state index >= 15 is 0 Å². The van der Waals surface area contributed by atoms with Crippen molar-refractivity contribution in [3.8, 4) is 0 Å². The van der Waals surface area contributed by atoms with Crippen molar-refractivity contribution in [3.63, 3.8) is 0 Å². The van der Waals surface area contributed by atoms with Gasteiger partial charge in [0.25, 0.3) is 5.56 Å². The summed E-state index contributed by atoms with van der Waals surface area (Å²) in [5, 5.41) is 0.485. The van der Waals surface area contributed by atoms with Crippen LogP contribution in [-0.2, 0) is 16.1 Å². The molecule has 1 saturated heterocycles. The second-order valence-electron chi connectivity index (χ2n) is 9.28. The fourth-order valence-electron chi connectivity index (χ4n) is 5.42. The molecule has 2 fully saturated rings. The van der Waals surface area contributed by atoms with Gasteiger partial charge in [0.05, 0.1) is 6.42 Å². The van der Waals surface area contributed by atoms with Gasteiger partial charge in [-0.1, -0.05) is 25.8 Å². The predicted octanol–water partition coefficient (Wildman–Crippen LogP) is 4.05. The highest BCUT2D eigenvalue weighted by Crippen LogP contribution is 2.35. The van der Waals surface area contributed by atoms with E-state index in [0.717, 1.165) is 39.0 Å². The molecule has 3 aliphatic rings. The van der Waals surface area contributed by atoms with E-state index in [4.69, 9.17) is 4.74 Å². The van der Waals surface area contributed by atoms with Gasteiger partial charge in [0, 0.05) is 49.1 Å². The Kier molecular flexibility index (Phi) is 7.58. The van der Waals surface area contributed by atoms with Gasteiger partial charge >= 0.3 is 5.97 Å². The standard InChI is InChI=1S/C24H36N2O3S/c1-2-3-13-30-22-9-5-4-8-21(22)29-24(28)11-12-25-15-18-14-19(17-25)20-7-6-10-23(27)26(20)16-18/h6-7,10,18-19,21-22H,2-5,8-9,11-17H2,1H3/t18-,19-,21+,22+/m0/s1. The average molecular weight is 433 g/mol. The molecular formula is C24H36N2O3S. The molecule has 5 nitrogen and oxygen atoms in total. The number of nitrogens with zero attached hydrogens (tertiary/aromatic N) is 2. The molecule has 1 aromatic rings. The minimum atomic E-state index is -0.0321. The maximum absolute atomic E-state index is 12.6. The zero-order valence-electron chi connectivity index (χ0n) is 18.3. The Labute approximate surface area is 184 Å². The maximum atomic E-state index is 12.6. The first kappa shape index (κ1) is 21.9. The number of unbranched alkanes of at least 4 members (excludes halogenated alkanes) is 1. The number of rotatable bonds is 8. The number of esters is 1. The van der Waals surface area contributed by atoms with Crippen LogP contribution >= 0.6 is 11.8 Å². The van der Waals surface area contributed by atoms with E-state index in [2.05, 4.69) is 17.9 Å². The van der Waals surface area contributed by atoms with Crippen molar-refractivity contribution < 1.29 is 9.53 Å². The number of pyridine rings is 1. The van der Waals surface area contributed by atoms with Crippen LogP contribution in [0.5, 0.6) is 0 Å². The van der Waals surface area contributed by atoms with Crippen molar-refractivity contribution in [1.29, 1.82) is 0 Å². The number of carbonyl (C=O) groups excluding carboxylic acids is 1. The zero-order chi connectivity index (χ0) is 20.9. The summed E-state index contributed by atoms with van der Waals surface area (Å²) in [5.41, 5.74) is 1.29. The van der Waals surface area contributed by atoms with Gasteiger partial charge < -0.3 is 14.2 Å². The summed E-state index contributed by atoms with van der Waals surface area (Å²) in [6.07, 6.45) is 8.85. The van der Waals surface area contributed by atoms with Gasteiger partial charge in [-0.3, -0.25) is 9.59 Å². The lowest BCUT2D eigenvalue weighted by molar-refractivity contribution is -0.150. The molecule has 3 heterocycles. The van der Waals surface area contributed by atoms with Crippen molar-refractivity contribution in [3.05, 3.63) is 34.2 Å². The third kappa shape index (κ3) is 5.31. The average Bonchev–Trinajstić information content (AvgIpc) is 2.74. The monoisotopic (exact) mass is 432 g/mol. The summed E-state index contributed by atoms with van der Waals surface area (Å²) in [6, 6.07) is 5.64. The summed E-state index contributed by atoms with van der Waals surface area (Å²) in [4.78, 5) is 27.2. The number of hydrogen-bond acceptors (Lipinski definition) is 5. The van der Waals surface area contributed by atoms with E-state index in [1.54, 1.807) is 6.07 Å². The van der Waals surface area contributed by atoms with Crippen LogP contribution in [-0.4, -0.2) is 52.2 Å². The molecule has 4 atom stereocenters. The van der Waals surface area contributed by atoms with Gasteiger partial charge in [0.15, 0.2) is 0 Å². The van der Waals surface area contributed by atoms with Crippen LogP contribution in [0.15, 0.2) is 23.0 Å². The van der Waals surface area contributed by atoms with Crippen molar-refractivity contribution in [2.45, 2.75) is 82.1 Å². The summed E-state index contributed by atoms with van der Waals surface area (Å²) in [7, 11) is 0. The molecule has 0 aromatic carbocycles. The largest absolute Gasteiger partial charge is 0.461 e. The number of aromatic nitrogens is 1. The van der Waals surface area contributed by atoms with Crippen molar-refractivity contribution in [2.75, 3.05) is 25.4 Å². The molecule has 166 valence electrons. The van der Waals surface area contributed by atoms with E-state index in [-0.39, 0.29) is 17.6 Å². The molecule has 0 amide bonds. The van der Waals surface area contributed by atoms with E-state index < -0.39 is 0 Å². The minimum absolute atomic E-state index is 0.0321. The second-order valence-corrected chi connectivity index (χ2v) is 10.6. The van der Waals surface area contributed by atoms with Crippen LogP contribution in [0, 0.1) is 5.92 Å². The molecule has 0 spiro atoms. The summed E-state index contributed by atoms with van der Waals surface area (Å²) < 4.78 is 7.92. The SMILES string of the molecule is CCCCS[C@@H]1CCCC[C@H]1OC(=O)CCN1C[C@@H]2C[C@@H](C1)c1cccc(=O)n1C2. The number of likely N-dealkylation sites (tertiary alicyclic amines) is 1. The molecule has 0 N–H and O–H groups in total. The van der Waals surface area contributed by atoms with Gasteiger partial charge in [-0.25, -0.2) is 0 Å². The number of ether oxygens (including phenoxy) is 1. The molecule has 1 saturated carbocycles. The summed E-state index contributed by atoms with van der Waals surface area (Å²) in [6.45, 7) is 5.72. The number of fused-ring (bicyclic) bond motifs is 4. The van der Waals surface area contributed by atoms with Crippen LogP contribution in [0.25, 0.3) is 0 Å². The van der Waals surface area contributed by atoms with E-state index in [1.807, 2.05) is 22.4 Å². The molecule has 6 heteroatoms. The zero-order valence-corrected chi connectivity index (χ0v) is 19.1. The fourth-order valence-corrected chi connectivity index (χ4v) is 6.92. The number of piperidine rings is 1. The van der Waals surface area contributed by atoms with Crippen LogP contribution in [0.4, 0.5) is 0 Å². The molecule has 0 unspecified atom stereocenters. The summed E-state index contributed by atoms with van der Waals surface area (Å²) >= 11 is 2.01. The smallest absolute Gasteiger partial charge is 0.307 e. The first-order chi connectivity index (χ1) is 14.6. The van der Waals surface area contributed by atoms with E-state index in [1.165, 1.54) is 43.6 Å². The Balaban J connectivity index is 1.27. The lowest BCUT2D eigenvalue weighted by atomic mass is 9.83. The lowest BCUT2D eigenvalue weighted by Gasteiger charge is -2.42. The first-order valence-electron chi connectivity index (χ1n) is 11.9. The van der Waals surface area contributed by atoms with Gasteiger partial charge in [0.2, 0.25) is 0 Å². The Bertz CT molecular complexity index is 780. The molecule has 1 aromatic heterocycles. The molecule has 4 rings (SSSR count). The van der Waals surface area contributed by atoms with Crippen LogP contribution in [0.2, 0.25) is 0 Å². The Morgan fingerprint density at radius 3 is 2.93 bits per heavy atom. The lowest BCUT2D eigenvalue weighted by Crippen LogP contribution is -2.47. The van der Waals surface area contributed by atoms with Crippen molar-refractivity contribution in [1.82, 2.24) is 9.47 Å². The van der Waals surface area contributed by atoms with E-state index in [0.29, 0.717) is 23.5 Å². The van der Waals surface area contributed by atoms with Crippen molar-refractivity contribution in [2.24, 2.45) is 5.92 Å². The molecule has 0 radical (unpaired) electrons. The molecule has 2 bridgehead atoms. The molecule has 1 aliphatic carbocycles. The number of hydrogen-bond donors (Lipinski definition) is 0. The maximum Gasteiger partial charge on any atom is 0.307 e. The van der Waals surface area contributed by atoms with Crippen molar-refractivity contribution >= 4 is 17.7 Å². The third-order valence-electron chi connectivity index (χ3n) is 6.94. The van der Waals surface area contributed by atoms with Gasteiger partial charge in [-0.2, -0.15) is 11.8 Å². The molecular weight excluding hydrogens is 396 g/mol. The van der Waals surface area contributed by atoms with Crippen LogP contribution < -0.4 is 5.56 Å². The Hall–Kier alpha value is -1.27. The van der Waals surface area contributed by atoms with E-state index in [9.17, 15) is 9.59 Å². The van der Waals surface area contributed by atoms with Crippen LogP contribution in [0.1, 0.15) is 69.9 Å². The second kappa shape index (κ2) is 10.4. The number of carbonyl (C=O) groups is 1. The summed E-state index contributed by atoms with van der Waals surface area (Å²) in [5.74, 6) is 2.05. The molecule has 30 heavy (non-hydrogen) atoms. The molecule has 2 aliphatic heterocycles. The highest BCUT2D eigenvalue weighted by molar-refractivity contribution is 7.99. The van der Waals surface area contributed by atoms with Gasteiger partial charge in [-0.05, 0) is 49.8 Å². The number of thioether (sulfide) groups is 1. The minimum Gasteiger partial charge on any atom is -0.461 e. The third-order valence-corrected chi connectivity index (χ3v) is 8.43. The van der Waals surface area contributed by atoms with Gasteiger partial charge in [-0.15, -0.1) is 0 Å². The Morgan fingerprint density at radius 2 is 2.07 bits per heavy atom. The Morgan fingerprint density at radius 1 is 1.20 bits per heavy atom. The topological polar surface area (TPSA) is 51.5 Å². The fraction of sp³-hybridized carbons (Fsp3) is 0.750. The normalized spacial score (nSPS) is 28.7.